The van der Waals surface area contributed by atoms with Crippen molar-refractivity contribution in [3.8, 4) is 0 Å². The fraction of sp³-hybridized carbons (Fsp3) is 0.588. The summed E-state index contributed by atoms with van der Waals surface area (Å²) in [7, 11) is 0. The molecular formula is C17H24FNO3. The molecule has 1 heterocycles. The van der Waals surface area contributed by atoms with Gasteiger partial charge in [-0.2, -0.15) is 0 Å². The molecule has 0 aromatic heterocycles. The van der Waals surface area contributed by atoms with Gasteiger partial charge in [-0.15, -0.1) is 0 Å². The molecule has 1 fully saturated rings. The minimum atomic E-state index is -0.925. The van der Waals surface area contributed by atoms with Gasteiger partial charge in [-0.1, -0.05) is 32.9 Å². The molecular weight excluding hydrogens is 285 g/mol. The first kappa shape index (κ1) is 16.7. The first-order chi connectivity index (χ1) is 10.2. The third-order valence-electron chi connectivity index (χ3n) is 4.80. The Morgan fingerprint density at radius 2 is 1.95 bits per heavy atom. The number of nitrogens with zero attached hydrogens (tertiary/aromatic N) is 1. The summed E-state index contributed by atoms with van der Waals surface area (Å²) in [6.45, 7) is 6.32. The number of carbonyl (C=O) groups is 1. The van der Waals surface area contributed by atoms with Crippen molar-refractivity contribution in [1.82, 2.24) is 4.90 Å². The highest BCUT2D eigenvalue weighted by Crippen LogP contribution is 2.43. The number of hydrogen-bond donors (Lipinski definition) is 2. The highest BCUT2D eigenvalue weighted by atomic mass is 19.1. The van der Waals surface area contributed by atoms with Crippen molar-refractivity contribution in [3.63, 3.8) is 0 Å². The number of hydrogen-bond acceptors (Lipinski definition) is 2. The molecule has 2 rings (SSSR count). The van der Waals surface area contributed by atoms with Crippen LogP contribution in [0.1, 0.15) is 39.2 Å². The Morgan fingerprint density at radius 3 is 2.41 bits per heavy atom. The summed E-state index contributed by atoms with van der Waals surface area (Å²) >= 11 is 0. The van der Waals surface area contributed by atoms with Gasteiger partial charge in [0.05, 0.1) is 6.61 Å². The first-order valence-electron chi connectivity index (χ1n) is 7.56. The molecule has 22 heavy (non-hydrogen) atoms. The zero-order chi connectivity index (χ0) is 16.5. The van der Waals surface area contributed by atoms with E-state index in [1.807, 2.05) is 20.8 Å². The topological polar surface area (TPSA) is 60.8 Å². The summed E-state index contributed by atoms with van der Waals surface area (Å²) in [6.07, 6.45) is 0.143. The van der Waals surface area contributed by atoms with Gasteiger partial charge in [0.15, 0.2) is 0 Å². The van der Waals surface area contributed by atoms with Crippen LogP contribution in [0.3, 0.4) is 0 Å². The second-order valence-corrected chi connectivity index (χ2v) is 7.26. The van der Waals surface area contributed by atoms with Crippen LogP contribution < -0.4 is 0 Å². The second-order valence-electron chi connectivity index (χ2n) is 7.26. The van der Waals surface area contributed by atoms with E-state index >= 15 is 0 Å². The summed E-state index contributed by atoms with van der Waals surface area (Å²) in [6, 6.07) is 5.98. The summed E-state index contributed by atoms with van der Waals surface area (Å²) in [5, 5.41) is 19.4. The van der Waals surface area contributed by atoms with E-state index in [0.29, 0.717) is 19.4 Å². The first-order valence-corrected chi connectivity index (χ1v) is 7.56. The van der Waals surface area contributed by atoms with Crippen LogP contribution in [0, 0.1) is 11.2 Å². The summed E-state index contributed by atoms with van der Waals surface area (Å²) in [5.41, 5.74) is 0.118. The van der Waals surface area contributed by atoms with Gasteiger partial charge < -0.3 is 15.1 Å². The Hall–Kier alpha value is -1.62. The van der Waals surface area contributed by atoms with Crippen molar-refractivity contribution in [2.45, 2.75) is 45.1 Å². The maximum atomic E-state index is 13.2. The molecule has 4 nitrogen and oxygen atoms in total. The number of aliphatic hydroxyl groups excluding tert-OH is 1. The monoisotopic (exact) mass is 309 g/mol. The van der Waals surface area contributed by atoms with Gasteiger partial charge in [-0.25, -0.2) is 9.18 Å². The van der Waals surface area contributed by atoms with Gasteiger partial charge >= 0.3 is 6.09 Å². The lowest BCUT2D eigenvalue weighted by molar-refractivity contribution is 0.0125. The largest absolute Gasteiger partial charge is 0.465 e. The van der Waals surface area contributed by atoms with Crippen LogP contribution in [0.15, 0.2) is 24.3 Å². The highest BCUT2D eigenvalue weighted by Gasteiger charge is 2.46. The minimum Gasteiger partial charge on any atom is -0.465 e. The van der Waals surface area contributed by atoms with Gasteiger partial charge in [0.1, 0.15) is 5.82 Å². The smallest absolute Gasteiger partial charge is 0.407 e. The zero-order valence-electron chi connectivity index (χ0n) is 13.3. The maximum absolute atomic E-state index is 13.2. The molecule has 0 aliphatic carbocycles. The van der Waals surface area contributed by atoms with E-state index in [4.69, 9.17) is 0 Å². The van der Waals surface area contributed by atoms with E-state index in [1.165, 1.54) is 17.0 Å². The Kier molecular flexibility index (Phi) is 4.47. The number of rotatable bonds is 2. The molecule has 0 saturated carbocycles. The SMILES string of the molecule is CC(C)(C)C1CC(CO)(c2ccc(F)cc2)CCN1C(=O)O. The molecule has 0 radical (unpaired) electrons. The second kappa shape index (κ2) is 5.88. The fourth-order valence-electron chi connectivity index (χ4n) is 3.38. The molecule has 1 amide bonds. The zero-order valence-corrected chi connectivity index (χ0v) is 13.3. The quantitative estimate of drug-likeness (QED) is 0.881. The molecule has 1 saturated heterocycles. The lowest BCUT2D eigenvalue weighted by Gasteiger charge is -2.49. The molecule has 2 atom stereocenters. The predicted molar refractivity (Wildman–Crippen MR) is 82.4 cm³/mol. The van der Waals surface area contributed by atoms with Crippen LogP contribution in [-0.2, 0) is 5.41 Å². The Morgan fingerprint density at radius 1 is 1.36 bits per heavy atom. The Bertz CT molecular complexity index is 538. The fourth-order valence-corrected chi connectivity index (χ4v) is 3.38. The van der Waals surface area contributed by atoms with Gasteiger partial charge in [-0.05, 0) is 36.0 Å². The van der Waals surface area contributed by atoms with Crippen molar-refractivity contribution in [2.24, 2.45) is 5.41 Å². The molecule has 1 aromatic carbocycles. The average Bonchev–Trinajstić information content (AvgIpc) is 2.46. The van der Waals surface area contributed by atoms with E-state index in [2.05, 4.69) is 0 Å². The van der Waals surface area contributed by atoms with Crippen LogP contribution in [0.2, 0.25) is 0 Å². The lowest BCUT2D eigenvalue weighted by Crippen LogP contribution is -2.56. The van der Waals surface area contributed by atoms with Crippen molar-refractivity contribution in [3.05, 3.63) is 35.6 Å². The van der Waals surface area contributed by atoms with E-state index in [1.54, 1.807) is 12.1 Å². The van der Waals surface area contributed by atoms with Gasteiger partial charge in [0.2, 0.25) is 0 Å². The Balaban J connectivity index is 2.38. The third kappa shape index (κ3) is 3.09. The third-order valence-corrected chi connectivity index (χ3v) is 4.80. The average molecular weight is 309 g/mol. The van der Waals surface area contributed by atoms with Crippen molar-refractivity contribution >= 4 is 6.09 Å². The number of carboxylic acid groups (broad SMARTS) is 1. The molecule has 1 aliphatic heterocycles. The van der Waals surface area contributed by atoms with Gasteiger partial charge in [0, 0.05) is 18.0 Å². The van der Waals surface area contributed by atoms with Gasteiger partial charge in [0.25, 0.3) is 0 Å². The standard InChI is InChI=1S/C17H24FNO3/c1-16(2,3)14-10-17(11-20,8-9-19(14)15(21)22)12-4-6-13(18)7-5-12/h4-7,14,20H,8-11H2,1-3H3,(H,21,22). The normalized spacial score (nSPS) is 26.0. The molecule has 5 heteroatoms. The van der Waals surface area contributed by atoms with E-state index in [-0.39, 0.29) is 23.9 Å². The number of likely N-dealkylation sites (tertiary alicyclic amines) is 1. The van der Waals surface area contributed by atoms with Crippen molar-refractivity contribution in [2.75, 3.05) is 13.2 Å². The summed E-state index contributed by atoms with van der Waals surface area (Å²) in [4.78, 5) is 13.0. The van der Waals surface area contributed by atoms with Crippen molar-refractivity contribution < 1.29 is 19.4 Å². The van der Waals surface area contributed by atoms with E-state index in [9.17, 15) is 19.4 Å². The number of halogens is 1. The van der Waals surface area contributed by atoms with Crippen LogP contribution in [-0.4, -0.2) is 40.4 Å². The number of amides is 1. The Labute approximate surface area is 130 Å². The highest BCUT2D eigenvalue weighted by molar-refractivity contribution is 5.66. The summed E-state index contributed by atoms with van der Waals surface area (Å²) < 4.78 is 13.2. The summed E-state index contributed by atoms with van der Waals surface area (Å²) in [5.74, 6) is -0.313. The lowest BCUT2D eigenvalue weighted by atomic mass is 9.66. The number of aliphatic hydroxyl groups is 1. The maximum Gasteiger partial charge on any atom is 0.407 e. The molecule has 2 unspecified atom stereocenters. The van der Waals surface area contributed by atoms with Crippen LogP contribution in [0.4, 0.5) is 9.18 Å². The molecule has 122 valence electrons. The van der Waals surface area contributed by atoms with E-state index in [0.717, 1.165) is 5.56 Å². The molecule has 2 N–H and O–H groups in total. The molecule has 0 bridgehead atoms. The molecule has 1 aromatic rings. The van der Waals surface area contributed by atoms with Crippen LogP contribution in [0.25, 0.3) is 0 Å². The van der Waals surface area contributed by atoms with Crippen LogP contribution in [0.5, 0.6) is 0 Å². The van der Waals surface area contributed by atoms with Crippen LogP contribution >= 0.6 is 0 Å². The van der Waals surface area contributed by atoms with E-state index < -0.39 is 11.5 Å². The van der Waals surface area contributed by atoms with Gasteiger partial charge in [-0.3, -0.25) is 0 Å². The molecule has 1 aliphatic rings. The van der Waals surface area contributed by atoms with Crippen molar-refractivity contribution in [1.29, 1.82) is 0 Å². The number of piperidine rings is 1. The number of benzene rings is 1. The minimum absolute atomic E-state index is 0.0708. The predicted octanol–water partition coefficient (Wildman–Crippen LogP) is 3.24. The molecule has 0 spiro atoms.